The first-order chi connectivity index (χ1) is 11.4. The van der Waals surface area contributed by atoms with E-state index in [1.54, 1.807) is 24.3 Å². The molecule has 0 N–H and O–H groups in total. The lowest BCUT2D eigenvalue weighted by atomic mass is 10.2. The van der Waals surface area contributed by atoms with Crippen molar-refractivity contribution in [1.82, 2.24) is 4.57 Å². The third-order valence-electron chi connectivity index (χ3n) is 3.64. The number of amides is 1. The first-order valence-electron chi connectivity index (χ1n) is 7.86. The number of carbonyl (C=O) groups is 1. The highest BCUT2D eigenvalue weighted by molar-refractivity contribution is 7.16. The van der Waals surface area contributed by atoms with Crippen LogP contribution in [0, 0.1) is 6.92 Å². The number of carbonyl (C=O) groups excluding carboxylic acids is 1. The van der Waals surface area contributed by atoms with Crippen LogP contribution in [0.25, 0.3) is 10.2 Å². The smallest absolute Gasteiger partial charge is 0.279 e. The van der Waals surface area contributed by atoms with Crippen LogP contribution in [0.15, 0.2) is 47.5 Å². The Hall–Kier alpha value is -2.40. The van der Waals surface area contributed by atoms with E-state index in [0.717, 1.165) is 16.0 Å². The molecule has 0 aliphatic carbocycles. The lowest BCUT2D eigenvalue weighted by Crippen LogP contribution is -2.13. The molecular weight excluding hydrogens is 320 g/mol. The second-order valence-electron chi connectivity index (χ2n) is 6.02. The number of aryl methyl sites for hydroxylation is 2. The van der Waals surface area contributed by atoms with Crippen LogP contribution in [0.2, 0.25) is 0 Å². The van der Waals surface area contributed by atoms with Gasteiger partial charge in [0, 0.05) is 12.6 Å². The molecule has 0 bridgehead atoms. The van der Waals surface area contributed by atoms with Crippen LogP contribution in [0.3, 0.4) is 0 Å². The van der Waals surface area contributed by atoms with Gasteiger partial charge in [0.1, 0.15) is 5.75 Å². The molecule has 3 aromatic rings. The fourth-order valence-electron chi connectivity index (χ4n) is 2.45. The predicted octanol–water partition coefficient (Wildman–Crippen LogP) is 4.08. The molecule has 0 fully saturated rings. The summed E-state index contributed by atoms with van der Waals surface area (Å²) in [5.41, 5.74) is 2.83. The highest BCUT2D eigenvalue weighted by Gasteiger charge is 2.08. The summed E-state index contributed by atoms with van der Waals surface area (Å²) in [5.74, 6) is 0.509. The summed E-state index contributed by atoms with van der Waals surface area (Å²) in [6.45, 7) is 6.00. The highest BCUT2D eigenvalue weighted by atomic mass is 32.1. The fraction of sp³-hybridized carbons (Fsp3) is 0.263. The summed E-state index contributed by atoms with van der Waals surface area (Å²) in [7, 11) is 1.93. The van der Waals surface area contributed by atoms with Crippen LogP contribution in [-0.2, 0) is 7.05 Å². The lowest BCUT2D eigenvalue weighted by Gasteiger charge is -2.09. The van der Waals surface area contributed by atoms with Crippen LogP contribution in [-0.4, -0.2) is 16.6 Å². The normalized spacial score (nSPS) is 12.1. The van der Waals surface area contributed by atoms with E-state index in [1.165, 1.54) is 16.9 Å². The number of aromatic nitrogens is 1. The van der Waals surface area contributed by atoms with Gasteiger partial charge in [-0.2, -0.15) is 4.99 Å². The van der Waals surface area contributed by atoms with Crippen molar-refractivity contribution in [3.05, 3.63) is 58.4 Å². The molecule has 2 aromatic carbocycles. The summed E-state index contributed by atoms with van der Waals surface area (Å²) in [6.07, 6.45) is 0.109. The number of hydrogen-bond acceptors (Lipinski definition) is 3. The Morgan fingerprint density at radius 2 is 1.88 bits per heavy atom. The topological polar surface area (TPSA) is 43.6 Å². The Bertz CT molecular complexity index is 950. The Balaban J connectivity index is 1.93. The Kier molecular flexibility index (Phi) is 4.53. The Morgan fingerprint density at radius 3 is 2.54 bits per heavy atom. The van der Waals surface area contributed by atoms with E-state index in [9.17, 15) is 4.79 Å². The number of benzene rings is 2. The van der Waals surface area contributed by atoms with E-state index < -0.39 is 0 Å². The van der Waals surface area contributed by atoms with Gasteiger partial charge in [-0.25, -0.2) is 0 Å². The van der Waals surface area contributed by atoms with Crippen molar-refractivity contribution in [1.29, 1.82) is 0 Å². The maximum atomic E-state index is 12.4. The van der Waals surface area contributed by atoms with E-state index in [0.29, 0.717) is 10.4 Å². The van der Waals surface area contributed by atoms with Crippen molar-refractivity contribution in [3.63, 3.8) is 0 Å². The SMILES string of the molecule is Cc1ccc2c(c1)sc(=NC(=O)c1ccc(OC(C)C)cc1)n2C. The molecule has 0 unspecified atom stereocenters. The third kappa shape index (κ3) is 3.41. The predicted molar refractivity (Wildman–Crippen MR) is 97.6 cm³/mol. The molecule has 1 aromatic heterocycles. The number of fused-ring (bicyclic) bond motifs is 1. The molecule has 3 rings (SSSR count). The molecule has 0 aliphatic rings. The van der Waals surface area contributed by atoms with Gasteiger partial charge in [0.25, 0.3) is 5.91 Å². The van der Waals surface area contributed by atoms with Crippen molar-refractivity contribution in [2.75, 3.05) is 0 Å². The molecule has 24 heavy (non-hydrogen) atoms. The molecule has 5 heteroatoms. The van der Waals surface area contributed by atoms with Gasteiger partial charge in [0.15, 0.2) is 4.80 Å². The van der Waals surface area contributed by atoms with Crippen molar-refractivity contribution in [2.45, 2.75) is 26.9 Å². The van der Waals surface area contributed by atoms with Crippen molar-refractivity contribution < 1.29 is 9.53 Å². The lowest BCUT2D eigenvalue weighted by molar-refractivity contribution is 0.0998. The summed E-state index contributed by atoms with van der Waals surface area (Å²) in [6, 6.07) is 13.3. The number of ether oxygens (including phenoxy) is 1. The zero-order valence-electron chi connectivity index (χ0n) is 14.2. The maximum absolute atomic E-state index is 12.4. The van der Waals surface area contributed by atoms with Crippen LogP contribution in [0.4, 0.5) is 0 Å². The average molecular weight is 340 g/mol. The number of nitrogens with zero attached hydrogens (tertiary/aromatic N) is 2. The molecule has 0 saturated carbocycles. The molecule has 0 radical (unpaired) electrons. The van der Waals surface area contributed by atoms with Crippen LogP contribution in [0.5, 0.6) is 5.75 Å². The minimum Gasteiger partial charge on any atom is -0.491 e. The van der Waals surface area contributed by atoms with Crippen molar-refractivity contribution in [2.24, 2.45) is 12.0 Å². The van der Waals surface area contributed by atoms with Gasteiger partial charge in [0.2, 0.25) is 0 Å². The fourth-order valence-corrected chi connectivity index (χ4v) is 3.56. The molecule has 0 saturated heterocycles. The molecule has 0 atom stereocenters. The zero-order valence-corrected chi connectivity index (χ0v) is 15.1. The third-order valence-corrected chi connectivity index (χ3v) is 4.73. The second kappa shape index (κ2) is 6.61. The summed E-state index contributed by atoms with van der Waals surface area (Å²) >= 11 is 1.52. The maximum Gasteiger partial charge on any atom is 0.279 e. The van der Waals surface area contributed by atoms with Gasteiger partial charge in [-0.3, -0.25) is 4.79 Å². The standard InChI is InChI=1S/C19H20N2O2S/c1-12(2)23-15-8-6-14(7-9-15)18(22)20-19-21(4)16-10-5-13(3)11-17(16)24-19/h5-12H,1-4H3. The Morgan fingerprint density at radius 1 is 1.17 bits per heavy atom. The van der Waals surface area contributed by atoms with Crippen LogP contribution >= 0.6 is 11.3 Å². The van der Waals surface area contributed by atoms with Gasteiger partial charge < -0.3 is 9.30 Å². The van der Waals surface area contributed by atoms with Gasteiger partial charge in [-0.1, -0.05) is 17.4 Å². The van der Waals surface area contributed by atoms with Gasteiger partial charge in [-0.05, 0) is 62.7 Å². The first kappa shape index (κ1) is 16.5. The van der Waals surface area contributed by atoms with E-state index in [4.69, 9.17) is 4.74 Å². The molecule has 0 aliphatic heterocycles. The molecule has 124 valence electrons. The summed E-state index contributed by atoms with van der Waals surface area (Å²) in [4.78, 5) is 17.4. The van der Waals surface area contributed by atoms with Crippen LogP contribution in [0.1, 0.15) is 29.8 Å². The molecule has 0 spiro atoms. The number of rotatable bonds is 3. The molecule has 4 nitrogen and oxygen atoms in total. The largest absolute Gasteiger partial charge is 0.491 e. The molecule has 1 amide bonds. The Labute approximate surface area is 145 Å². The number of thiazole rings is 1. The van der Waals surface area contributed by atoms with Crippen LogP contribution < -0.4 is 9.54 Å². The van der Waals surface area contributed by atoms with Crippen molar-refractivity contribution in [3.8, 4) is 5.75 Å². The minimum atomic E-state index is -0.245. The second-order valence-corrected chi connectivity index (χ2v) is 7.03. The first-order valence-corrected chi connectivity index (χ1v) is 8.67. The van der Waals surface area contributed by atoms with E-state index in [2.05, 4.69) is 30.1 Å². The van der Waals surface area contributed by atoms with Gasteiger partial charge in [-0.15, -0.1) is 0 Å². The van der Waals surface area contributed by atoms with Crippen molar-refractivity contribution >= 4 is 27.5 Å². The van der Waals surface area contributed by atoms with E-state index in [-0.39, 0.29) is 12.0 Å². The van der Waals surface area contributed by atoms with Gasteiger partial charge in [0.05, 0.1) is 16.3 Å². The monoisotopic (exact) mass is 340 g/mol. The van der Waals surface area contributed by atoms with E-state index >= 15 is 0 Å². The summed E-state index contributed by atoms with van der Waals surface area (Å²) < 4.78 is 8.67. The molecule has 1 heterocycles. The minimum absolute atomic E-state index is 0.109. The zero-order chi connectivity index (χ0) is 17.3. The van der Waals surface area contributed by atoms with Gasteiger partial charge >= 0.3 is 0 Å². The van der Waals surface area contributed by atoms with E-state index in [1.807, 2.05) is 25.5 Å². The summed E-state index contributed by atoms with van der Waals surface area (Å²) in [5, 5.41) is 0. The highest BCUT2D eigenvalue weighted by Crippen LogP contribution is 2.18. The average Bonchev–Trinajstić information content (AvgIpc) is 2.82. The quantitative estimate of drug-likeness (QED) is 0.721. The number of hydrogen-bond donors (Lipinski definition) is 0. The molecular formula is C19H20N2O2S.